The van der Waals surface area contributed by atoms with Crippen LogP contribution in [-0.2, 0) is 25.5 Å². The third kappa shape index (κ3) is 4.87. The highest BCUT2D eigenvalue weighted by Crippen LogP contribution is 2.40. The van der Waals surface area contributed by atoms with Crippen LogP contribution in [0.5, 0.6) is 0 Å². The number of thiazole rings is 1. The molecular weight excluding hydrogens is 412 g/mol. The van der Waals surface area contributed by atoms with E-state index in [9.17, 15) is 14.4 Å². The summed E-state index contributed by atoms with van der Waals surface area (Å²) in [4.78, 5) is 41.9. The van der Waals surface area contributed by atoms with E-state index in [1.165, 1.54) is 16.9 Å². The molecule has 7 heteroatoms. The van der Waals surface area contributed by atoms with E-state index in [0.717, 1.165) is 36.9 Å². The summed E-state index contributed by atoms with van der Waals surface area (Å²) in [5, 5.41) is 5.11. The molecule has 1 aromatic carbocycles. The minimum absolute atomic E-state index is 0.0192. The standard InChI is InChI=1S/C24H28N2O4S/c1-3-15-7-9-16(10-8-15)20-13-31-24(25-20)26-22(28)14(2)30-23(29)19-11-17-5-4-6-18(12-19)21(17)27/h7-10,13-14,17-19H,3-6,11-12H2,1-2H3,(H,25,26,28)/t14-,17-,18+,19?/m1/s1. The molecule has 1 N–H and O–H groups in total. The van der Waals surface area contributed by atoms with Gasteiger partial charge in [0.15, 0.2) is 11.2 Å². The van der Waals surface area contributed by atoms with E-state index >= 15 is 0 Å². The lowest BCUT2D eigenvalue weighted by Gasteiger charge is -2.36. The van der Waals surface area contributed by atoms with E-state index in [0.29, 0.717) is 23.8 Å². The Balaban J connectivity index is 1.32. The highest BCUT2D eigenvalue weighted by atomic mass is 32.1. The third-order valence-corrected chi connectivity index (χ3v) is 7.19. The Kier molecular flexibility index (Phi) is 6.51. The average molecular weight is 441 g/mol. The van der Waals surface area contributed by atoms with E-state index < -0.39 is 12.0 Å². The molecule has 2 aliphatic carbocycles. The van der Waals surface area contributed by atoms with E-state index in [2.05, 4.69) is 29.4 Å². The molecule has 2 aliphatic rings. The molecule has 1 aromatic heterocycles. The van der Waals surface area contributed by atoms with Gasteiger partial charge in [-0.25, -0.2) is 4.98 Å². The fourth-order valence-electron chi connectivity index (χ4n) is 4.58. The van der Waals surface area contributed by atoms with Gasteiger partial charge in [0.1, 0.15) is 5.78 Å². The summed E-state index contributed by atoms with van der Waals surface area (Å²) >= 11 is 1.34. The number of carbonyl (C=O) groups is 3. The van der Waals surface area contributed by atoms with Gasteiger partial charge in [0, 0.05) is 22.8 Å². The summed E-state index contributed by atoms with van der Waals surface area (Å²) < 4.78 is 5.46. The summed E-state index contributed by atoms with van der Waals surface area (Å²) in [6, 6.07) is 8.19. The second-order valence-corrected chi connectivity index (χ2v) is 9.41. The number of aryl methyl sites for hydroxylation is 1. The molecular formula is C24H28N2O4S. The summed E-state index contributed by atoms with van der Waals surface area (Å²) in [6.45, 7) is 3.68. The summed E-state index contributed by atoms with van der Waals surface area (Å²) in [7, 11) is 0. The Bertz CT molecular complexity index is 952. The number of benzene rings is 1. The molecule has 0 radical (unpaired) electrons. The van der Waals surface area contributed by atoms with E-state index in [1.54, 1.807) is 6.92 Å². The molecule has 4 rings (SSSR count). The van der Waals surface area contributed by atoms with Crippen LogP contribution in [0.2, 0.25) is 0 Å². The van der Waals surface area contributed by atoms with Crippen LogP contribution >= 0.6 is 11.3 Å². The number of esters is 1. The van der Waals surface area contributed by atoms with E-state index in [-0.39, 0.29) is 23.7 Å². The van der Waals surface area contributed by atoms with Crippen molar-refractivity contribution >= 4 is 34.1 Å². The predicted octanol–water partition coefficient (Wildman–Crippen LogP) is 4.64. The highest BCUT2D eigenvalue weighted by Gasteiger charge is 2.42. The van der Waals surface area contributed by atoms with E-state index in [1.807, 2.05) is 17.5 Å². The second-order valence-electron chi connectivity index (χ2n) is 8.55. The average Bonchev–Trinajstić information content (AvgIpc) is 3.22. The number of ketones is 1. The number of nitrogens with zero attached hydrogens (tertiary/aromatic N) is 1. The van der Waals surface area contributed by atoms with Crippen molar-refractivity contribution in [1.29, 1.82) is 0 Å². The Morgan fingerprint density at radius 1 is 1.19 bits per heavy atom. The maximum Gasteiger partial charge on any atom is 0.309 e. The zero-order valence-electron chi connectivity index (χ0n) is 17.9. The van der Waals surface area contributed by atoms with Crippen LogP contribution in [0, 0.1) is 17.8 Å². The zero-order valence-corrected chi connectivity index (χ0v) is 18.7. The zero-order chi connectivity index (χ0) is 22.0. The van der Waals surface area contributed by atoms with Crippen molar-refractivity contribution in [3.63, 3.8) is 0 Å². The van der Waals surface area contributed by atoms with E-state index in [4.69, 9.17) is 4.74 Å². The van der Waals surface area contributed by atoms with Crippen molar-refractivity contribution in [2.45, 2.75) is 58.5 Å². The van der Waals surface area contributed by atoms with Crippen LogP contribution in [0.4, 0.5) is 5.13 Å². The fraction of sp³-hybridized carbons (Fsp3) is 0.500. The normalized spacial score (nSPS) is 23.8. The van der Waals surface area contributed by atoms with Gasteiger partial charge in [-0.2, -0.15) is 0 Å². The number of hydrogen-bond donors (Lipinski definition) is 1. The van der Waals surface area contributed by atoms with Crippen LogP contribution in [0.15, 0.2) is 29.6 Å². The van der Waals surface area contributed by atoms with Crippen molar-refractivity contribution < 1.29 is 19.1 Å². The molecule has 164 valence electrons. The molecule has 31 heavy (non-hydrogen) atoms. The van der Waals surface area contributed by atoms with Crippen LogP contribution in [0.25, 0.3) is 11.3 Å². The van der Waals surface area contributed by atoms with Gasteiger partial charge in [0.25, 0.3) is 5.91 Å². The number of anilines is 1. The quantitative estimate of drug-likeness (QED) is 0.662. The van der Waals surface area contributed by atoms with Gasteiger partial charge >= 0.3 is 5.97 Å². The third-order valence-electron chi connectivity index (χ3n) is 6.44. The topological polar surface area (TPSA) is 85.4 Å². The number of hydrogen-bond acceptors (Lipinski definition) is 6. The molecule has 4 atom stereocenters. The maximum absolute atomic E-state index is 12.6. The summed E-state index contributed by atoms with van der Waals surface area (Å²) in [5.74, 6) is -0.792. The Hall–Kier alpha value is -2.54. The Labute approximate surface area is 186 Å². The molecule has 0 aliphatic heterocycles. The van der Waals surface area contributed by atoms with Crippen molar-refractivity contribution in [2.75, 3.05) is 5.32 Å². The number of ether oxygens (including phenoxy) is 1. The lowest BCUT2D eigenvalue weighted by Crippen LogP contribution is -2.41. The van der Waals surface area contributed by atoms with Gasteiger partial charge in [0.05, 0.1) is 11.6 Å². The predicted molar refractivity (Wildman–Crippen MR) is 120 cm³/mol. The molecule has 1 amide bonds. The van der Waals surface area contributed by atoms with Gasteiger partial charge in [-0.15, -0.1) is 11.3 Å². The highest BCUT2D eigenvalue weighted by molar-refractivity contribution is 7.14. The number of aromatic nitrogens is 1. The SMILES string of the molecule is CCc1ccc(-c2csc(NC(=O)[C@@H](C)OC(=O)C3C[C@H]4CCC[C@@H](C3)C4=O)n2)cc1. The Morgan fingerprint density at radius 3 is 2.52 bits per heavy atom. The van der Waals surface area contributed by atoms with Crippen LogP contribution in [0.1, 0.15) is 51.5 Å². The minimum Gasteiger partial charge on any atom is -0.452 e. The number of fused-ring (bicyclic) bond motifs is 2. The molecule has 1 heterocycles. The smallest absolute Gasteiger partial charge is 0.309 e. The van der Waals surface area contributed by atoms with Crippen LogP contribution in [-0.4, -0.2) is 28.7 Å². The van der Waals surface area contributed by atoms with Crippen molar-refractivity contribution in [2.24, 2.45) is 17.8 Å². The molecule has 6 nitrogen and oxygen atoms in total. The largest absolute Gasteiger partial charge is 0.452 e. The van der Waals surface area contributed by atoms with Crippen LogP contribution in [0.3, 0.4) is 0 Å². The monoisotopic (exact) mass is 440 g/mol. The molecule has 2 saturated carbocycles. The number of rotatable bonds is 6. The molecule has 2 fully saturated rings. The second kappa shape index (κ2) is 9.30. The first-order valence-electron chi connectivity index (χ1n) is 11.0. The number of nitrogens with one attached hydrogen (secondary N) is 1. The lowest BCUT2D eigenvalue weighted by atomic mass is 9.67. The molecule has 0 spiro atoms. The fourth-order valence-corrected chi connectivity index (χ4v) is 5.30. The molecule has 1 unspecified atom stereocenters. The molecule has 2 bridgehead atoms. The number of Topliss-reactive ketones (excluding diaryl/α,β-unsaturated/α-hetero) is 1. The van der Waals surface area contributed by atoms with Crippen molar-refractivity contribution in [3.8, 4) is 11.3 Å². The Morgan fingerprint density at radius 2 is 1.87 bits per heavy atom. The van der Waals surface area contributed by atoms with Gasteiger partial charge in [-0.05, 0) is 44.6 Å². The van der Waals surface area contributed by atoms with Gasteiger partial charge in [-0.3, -0.25) is 19.7 Å². The van der Waals surface area contributed by atoms with Gasteiger partial charge in [0.2, 0.25) is 0 Å². The first kappa shape index (κ1) is 21.7. The van der Waals surface area contributed by atoms with Gasteiger partial charge < -0.3 is 4.74 Å². The minimum atomic E-state index is -0.916. The first-order valence-corrected chi connectivity index (χ1v) is 11.9. The number of amides is 1. The van der Waals surface area contributed by atoms with Crippen LogP contribution < -0.4 is 5.32 Å². The molecule has 0 saturated heterocycles. The van der Waals surface area contributed by atoms with Crippen molar-refractivity contribution in [1.82, 2.24) is 4.98 Å². The maximum atomic E-state index is 12.6. The summed E-state index contributed by atoms with van der Waals surface area (Å²) in [6.07, 6.45) is 3.95. The van der Waals surface area contributed by atoms with Crippen molar-refractivity contribution in [3.05, 3.63) is 35.2 Å². The summed E-state index contributed by atoms with van der Waals surface area (Å²) in [5.41, 5.74) is 3.05. The molecule has 2 aromatic rings. The van der Waals surface area contributed by atoms with Gasteiger partial charge in [-0.1, -0.05) is 37.6 Å². The first-order chi connectivity index (χ1) is 14.9. The number of carbonyl (C=O) groups excluding carboxylic acids is 3. The lowest BCUT2D eigenvalue weighted by molar-refractivity contribution is -0.161.